The molecule has 0 aliphatic carbocycles. The predicted molar refractivity (Wildman–Crippen MR) is 126 cm³/mol. The lowest BCUT2D eigenvalue weighted by molar-refractivity contribution is 0.0666. The van der Waals surface area contributed by atoms with Gasteiger partial charge in [0.25, 0.3) is 5.91 Å². The first-order chi connectivity index (χ1) is 15.6. The lowest BCUT2D eigenvalue weighted by Crippen LogP contribution is -2.38. The maximum atomic E-state index is 14.2. The van der Waals surface area contributed by atoms with Crippen LogP contribution in [0.1, 0.15) is 41.8 Å². The first-order valence-electron chi connectivity index (χ1n) is 10.5. The van der Waals surface area contributed by atoms with E-state index in [1.54, 1.807) is 42.2 Å². The standard InChI is InChI=1S/C25H25ClFNO4S/c1-4-18(3)28(25(29)21-9-5-6-11-23(21)27)16-19-12-14-20(15-13-19)32-33(30,31)24-17(2)8-7-10-22(24)26/h5-15,18H,4,16H2,1-3H3/t18-/m0/s1. The number of hydrogen-bond acceptors (Lipinski definition) is 4. The quantitative estimate of drug-likeness (QED) is 0.364. The van der Waals surface area contributed by atoms with Gasteiger partial charge in [-0.3, -0.25) is 4.79 Å². The number of carbonyl (C=O) groups excluding carboxylic acids is 1. The molecule has 0 heterocycles. The van der Waals surface area contributed by atoms with Crippen molar-refractivity contribution in [1.82, 2.24) is 4.90 Å². The smallest absolute Gasteiger partial charge is 0.340 e. The van der Waals surface area contributed by atoms with Gasteiger partial charge in [-0.05, 0) is 61.7 Å². The summed E-state index contributed by atoms with van der Waals surface area (Å²) in [6.07, 6.45) is 0.691. The molecular weight excluding hydrogens is 465 g/mol. The summed E-state index contributed by atoms with van der Waals surface area (Å²) in [6.45, 7) is 5.72. The van der Waals surface area contributed by atoms with Crippen molar-refractivity contribution in [2.24, 2.45) is 0 Å². The van der Waals surface area contributed by atoms with Gasteiger partial charge in [0.15, 0.2) is 0 Å². The molecule has 0 unspecified atom stereocenters. The molecular formula is C25H25ClFNO4S. The lowest BCUT2D eigenvalue weighted by atomic mass is 10.1. The average molecular weight is 490 g/mol. The second-order valence-corrected chi connectivity index (χ2v) is 9.63. The van der Waals surface area contributed by atoms with Crippen LogP contribution in [-0.2, 0) is 16.7 Å². The number of benzene rings is 3. The number of halogens is 2. The first kappa shape index (κ1) is 24.7. The van der Waals surface area contributed by atoms with Crippen LogP contribution >= 0.6 is 11.6 Å². The van der Waals surface area contributed by atoms with Crippen molar-refractivity contribution >= 4 is 27.6 Å². The third-order valence-electron chi connectivity index (χ3n) is 5.38. The van der Waals surface area contributed by atoms with Crippen LogP contribution in [-0.4, -0.2) is 25.3 Å². The van der Waals surface area contributed by atoms with Crippen molar-refractivity contribution in [1.29, 1.82) is 0 Å². The number of nitrogens with zero attached hydrogens (tertiary/aromatic N) is 1. The van der Waals surface area contributed by atoms with Crippen LogP contribution in [0.2, 0.25) is 5.02 Å². The Hall–Kier alpha value is -2.90. The van der Waals surface area contributed by atoms with Gasteiger partial charge in [-0.15, -0.1) is 0 Å². The van der Waals surface area contributed by atoms with Crippen LogP contribution in [0, 0.1) is 12.7 Å². The summed E-state index contributed by atoms with van der Waals surface area (Å²) in [5.74, 6) is -0.854. The normalized spacial score (nSPS) is 12.3. The molecule has 0 spiro atoms. The second-order valence-electron chi connectivity index (χ2n) is 7.74. The summed E-state index contributed by atoms with van der Waals surface area (Å²) in [7, 11) is -4.12. The fraction of sp³-hybridized carbons (Fsp3) is 0.240. The molecule has 8 heteroatoms. The fourth-order valence-corrected chi connectivity index (χ4v) is 5.11. The Kier molecular flexibility index (Phi) is 7.76. The minimum Gasteiger partial charge on any atom is -0.379 e. The first-order valence-corrected chi connectivity index (χ1v) is 12.3. The summed E-state index contributed by atoms with van der Waals surface area (Å²) >= 11 is 6.07. The van der Waals surface area contributed by atoms with Crippen LogP contribution in [0.5, 0.6) is 5.75 Å². The molecule has 3 aromatic carbocycles. The van der Waals surface area contributed by atoms with E-state index >= 15 is 0 Å². The SMILES string of the molecule is CC[C@H](C)N(Cc1ccc(OS(=O)(=O)c2c(C)cccc2Cl)cc1)C(=O)c1ccccc1F. The van der Waals surface area contributed by atoms with E-state index in [1.165, 1.54) is 36.4 Å². The second kappa shape index (κ2) is 10.4. The Labute approximate surface area is 198 Å². The van der Waals surface area contributed by atoms with E-state index in [9.17, 15) is 17.6 Å². The van der Waals surface area contributed by atoms with Crippen LogP contribution in [0.3, 0.4) is 0 Å². The third kappa shape index (κ3) is 5.72. The van der Waals surface area contributed by atoms with Gasteiger partial charge in [0.05, 0.1) is 10.6 Å². The lowest BCUT2D eigenvalue weighted by Gasteiger charge is -2.29. The van der Waals surface area contributed by atoms with Crippen molar-refractivity contribution in [2.45, 2.75) is 44.7 Å². The Morgan fingerprint density at radius 1 is 1.06 bits per heavy atom. The highest BCUT2D eigenvalue weighted by molar-refractivity contribution is 7.87. The van der Waals surface area contributed by atoms with E-state index in [4.69, 9.17) is 15.8 Å². The van der Waals surface area contributed by atoms with E-state index in [2.05, 4.69) is 0 Å². The summed E-state index contributed by atoms with van der Waals surface area (Å²) in [5, 5.41) is 0.0856. The maximum Gasteiger partial charge on any atom is 0.340 e. The molecule has 0 aliphatic rings. The molecule has 174 valence electrons. The molecule has 33 heavy (non-hydrogen) atoms. The van der Waals surface area contributed by atoms with Gasteiger partial charge in [0, 0.05) is 12.6 Å². The zero-order chi connectivity index (χ0) is 24.2. The fourth-order valence-electron chi connectivity index (χ4n) is 3.39. The van der Waals surface area contributed by atoms with Crippen LogP contribution < -0.4 is 4.18 Å². The molecule has 0 saturated carbocycles. The molecule has 0 bridgehead atoms. The zero-order valence-electron chi connectivity index (χ0n) is 18.6. The zero-order valence-corrected chi connectivity index (χ0v) is 20.2. The Morgan fingerprint density at radius 3 is 2.33 bits per heavy atom. The monoisotopic (exact) mass is 489 g/mol. The van der Waals surface area contributed by atoms with E-state index in [1.807, 2.05) is 13.8 Å². The van der Waals surface area contributed by atoms with Gasteiger partial charge >= 0.3 is 10.1 Å². The summed E-state index contributed by atoms with van der Waals surface area (Å²) in [5.41, 5.74) is 1.24. The number of amides is 1. The van der Waals surface area contributed by atoms with E-state index in [0.717, 1.165) is 5.56 Å². The van der Waals surface area contributed by atoms with Gasteiger partial charge in [-0.25, -0.2) is 4.39 Å². The van der Waals surface area contributed by atoms with Gasteiger partial charge in [0.2, 0.25) is 0 Å². The summed E-state index contributed by atoms with van der Waals surface area (Å²) < 4.78 is 44.9. The van der Waals surface area contributed by atoms with Gasteiger partial charge in [-0.2, -0.15) is 8.42 Å². The van der Waals surface area contributed by atoms with Crippen LogP contribution in [0.25, 0.3) is 0 Å². The molecule has 0 saturated heterocycles. The molecule has 0 aromatic heterocycles. The van der Waals surface area contributed by atoms with Gasteiger partial charge < -0.3 is 9.08 Å². The van der Waals surface area contributed by atoms with Crippen molar-refractivity contribution in [2.75, 3.05) is 0 Å². The predicted octanol–water partition coefficient (Wildman–Crippen LogP) is 6.00. The van der Waals surface area contributed by atoms with Gasteiger partial charge in [0.1, 0.15) is 16.5 Å². The van der Waals surface area contributed by atoms with E-state index in [-0.39, 0.29) is 33.8 Å². The van der Waals surface area contributed by atoms with Crippen molar-refractivity contribution in [3.05, 3.63) is 94.3 Å². The molecule has 5 nitrogen and oxygen atoms in total. The number of rotatable bonds is 8. The van der Waals surface area contributed by atoms with Crippen LogP contribution in [0.15, 0.2) is 71.6 Å². The maximum absolute atomic E-state index is 14.2. The average Bonchev–Trinajstić information content (AvgIpc) is 2.77. The number of aryl methyl sites for hydroxylation is 1. The number of carbonyl (C=O) groups is 1. The van der Waals surface area contributed by atoms with E-state index in [0.29, 0.717) is 12.0 Å². The van der Waals surface area contributed by atoms with Crippen molar-refractivity contribution < 1.29 is 21.8 Å². The van der Waals surface area contributed by atoms with Crippen molar-refractivity contribution in [3.63, 3.8) is 0 Å². The summed E-state index contributed by atoms with van der Waals surface area (Å²) in [4.78, 5) is 14.5. The number of hydrogen-bond donors (Lipinski definition) is 0. The topological polar surface area (TPSA) is 63.7 Å². The van der Waals surface area contributed by atoms with Crippen molar-refractivity contribution in [3.8, 4) is 5.75 Å². The van der Waals surface area contributed by atoms with E-state index < -0.39 is 21.8 Å². The highest BCUT2D eigenvalue weighted by Crippen LogP contribution is 2.28. The Balaban J connectivity index is 1.81. The molecule has 0 aliphatic heterocycles. The minimum absolute atomic E-state index is 0.0129. The molecule has 1 amide bonds. The third-order valence-corrected chi connectivity index (χ3v) is 7.26. The Morgan fingerprint density at radius 2 is 1.73 bits per heavy atom. The highest BCUT2D eigenvalue weighted by atomic mass is 35.5. The molecule has 1 atom stereocenters. The molecule has 3 aromatic rings. The molecule has 0 radical (unpaired) electrons. The molecule has 3 rings (SSSR count). The van der Waals surface area contributed by atoms with Gasteiger partial charge in [-0.1, -0.05) is 54.9 Å². The largest absolute Gasteiger partial charge is 0.379 e. The highest BCUT2D eigenvalue weighted by Gasteiger charge is 2.24. The Bertz CT molecular complexity index is 1230. The minimum atomic E-state index is -4.12. The molecule has 0 fully saturated rings. The summed E-state index contributed by atoms with van der Waals surface area (Å²) in [6, 6.07) is 16.9. The van der Waals surface area contributed by atoms with Crippen LogP contribution in [0.4, 0.5) is 4.39 Å². The molecule has 0 N–H and O–H groups in total.